The Morgan fingerprint density at radius 3 is 2.39 bits per heavy atom. The second-order valence-corrected chi connectivity index (χ2v) is 7.39. The summed E-state index contributed by atoms with van der Waals surface area (Å²) in [6.07, 6.45) is 1.08. The molecule has 0 aromatic carbocycles. The summed E-state index contributed by atoms with van der Waals surface area (Å²) in [5.41, 5.74) is 0.430. The third kappa shape index (κ3) is 7.33. The standard InChI is InChI=1S/C16H27N3O2S.ClH/c1-6-7-17-8-9-18-14(20)13-11(2)10-12(22-13)19-15(21)16(3,4)5;/h10,17H,6-9H2,1-5H3,(H,18,20)(H,19,21);1H. The van der Waals surface area contributed by atoms with E-state index >= 15 is 0 Å². The first-order valence-corrected chi connectivity index (χ1v) is 8.48. The molecule has 0 radical (unpaired) electrons. The summed E-state index contributed by atoms with van der Waals surface area (Å²) in [6.45, 7) is 11.9. The highest BCUT2D eigenvalue weighted by Gasteiger charge is 2.22. The van der Waals surface area contributed by atoms with E-state index in [2.05, 4.69) is 22.9 Å². The van der Waals surface area contributed by atoms with Crippen molar-refractivity contribution >= 4 is 40.6 Å². The maximum atomic E-state index is 12.2. The molecule has 1 aromatic heterocycles. The van der Waals surface area contributed by atoms with Gasteiger partial charge in [0.05, 0.1) is 9.88 Å². The zero-order valence-corrected chi connectivity index (χ0v) is 16.2. The summed E-state index contributed by atoms with van der Waals surface area (Å²) in [7, 11) is 0. The summed E-state index contributed by atoms with van der Waals surface area (Å²) >= 11 is 1.32. The van der Waals surface area contributed by atoms with Crippen LogP contribution >= 0.6 is 23.7 Å². The van der Waals surface area contributed by atoms with Crippen LogP contribution in [0.3, 0.4) is 0 Å². The number of rotatable bonds is 7. The van der Waals surface area contributed by atoms with E-state index in [9.17, 15) is 9.59 Å². The highest BCUT2D eigenvalue weighted by Crippen LogP contribution is 2.28. The van der Waals surface area contributed by atoms with Gasteiger partial charge in [0.25, 0.3) is 5.91 Å². The first kappa shape index (κ1) is 21.9. The minimum Gasteiger partial charge on any atom is -0.350 e. The van der Waals surface area contributed by atoms with Crippen molar-refractivity contribution < 1.29 is 9.59 Å². The monoisotopic (exact) mass is 361 g/mol. The molecule has 0 bridgehead atoms. The highest BCUT2D eigenvalue weighted by atomic mass is 35.5. The van der Waals surface area contributed by atoms with Gasteiger partial charge >= 0.3 is 0 Å². The van der Waals surface area contributed by atoms with E-state index in [4.69, 9.17) is 0 Å². The van der Waals surface area contributed by atoms with E-state index in [0.29, 0.717) is 16.4 Å². The third-order valence-electron chi connectivity index (χ3n) is 3.06. The fourth-order valence-electron chi connectivity index (χ4n) is 1.71. The summed E-state index contributed by atoms with van der Waals surface area (Å²) in [6, 6.07) is 1.85. The first-order valence-electron chi connectivity index (χ1n) is 7.66. The SMILES string of the molecule is CCCNCCNC(=O)c1sc(NC(=O)C(C)(C)C)cc1C.Cl. The lowest BCUT2D eigenvalue weighted by Crippen LogP contribution is -2.31. The van der Waals surface area contributed by atoms with Crippen molar-refractivity contribution in [1.29, 1.82) is 0 Å². The van der Waals surface area contributed by atoms with Gasteiger partial charge in [-0.3, -0.25) is 9.59 Å². The Kier molecular flexibility index (Phi) is 9.42. The molecule has 0 unspecified atom stereocenters. The topological polar surface area (TPSA) is 70.2 Å². The fourth-order valence-corrected chi connectivity index (χ4v) is 2.70. The normalized spacial score (nSPS) is 10.8. The lowest BCUT2D eigenvalue weighted by Gasteiger charge is -2.16. The van der Waals surface area contributed by atoms with Crippen LogP contribution in [0, 0.1) is 12.3 Å². The van der Waals surface area contributed by atoms with E-state index < -0.39 is 5.41 Å². The molecule has 3 N–H and O–H groups in total. The van der Waals surface area contributed by atoms with E-state index in [0.717, 1.165) is 25.1 Å². The van der Waals surface area contributed by atoms with Gasteiger partial charge < -0.3 is 16.0 Å². The number of thiophene rings is 1. The van der Waals surface area contributed by atoms with Crippen LogP contribution in [0.15, 0.2) is 6.07 Å². The van der Waals surface area contributed by atoms with Crippen LogP contribution in [0.25, 0.3) is 0 Å². The van der Waals surface area contributed by atoms with Crippen LogP contribution in [0.2, 0.25) is 0 Å². The van der Waals surface area contributed by atoms with Gasteiger partial charge in [-0.2, -0.15) is 0 Å². The molecule has 5 nitrogen and oxygen atoms in total. The van der Waals surface area contributed by atoms with Crippen molar-refractivity contribution in [2.24, 2.45) is 5.41 Å². The van der Waals surface area contributed by atoms with E-state index in [-0.39, 0.29) is 24.2 Å². The molecule has 2 amide bonds. The zero-order chi connectivity index (χ0) is 16.8. The molecule has 1 heterocycles. The molecule has 132 valence electrons. The molecule has 1 aromatic rings. The van der Waals surface area contributed by atoms with Crippen LogP contribution in [0.1, 0.15) is 49.4 Å². The van der Waals surface area contributed by atoms with Crippen LogP contribution in [-0.2, 0) is 4.79 Å². The summed E-state index contributed by atoms with van der Waals surface area (Å²) in [4.78, 5) is 24.8. The van der Waals surface area contributed by atoms with Gasteiger partial charge in [0.1, 0.15) is 0 Å². The molecule has 23 heavy (non-hydrogen) atoms. The Bertz CT molecular complexity index is 524. The number of carbonyl (C=O) groups is 2. The van der Waals surface area contributed by atoms with Crippen LogP contribution in [-0.4, -0.2) is 31.4 Å². The maximum absolute atomic E-state index is 12.2. The highest BCUT2D eigenvalue weighted by molar-refractivity contribution is 7.18. The number of aryl methyl sites for hydroxylation is 1. The van der Waals surface area contributed by atoms with Gasteiger partial charge in [-0.25, -0.2) is 0 Å². The average Bonchev–Trinajstić information content (AvgIpc) is 2.78. The van der Waals surface area contributed by atoms with E-state index in [1.165, 1.54) is 11.3 Å². The molecule has 0 fully saturated rings. The van der Waals surface area contributed by atoms with Gasteiger partial charge in [0.2, 0.25) is 5.91 Å². The smallest absolute Gasteiger partial charge is 0.261 e. The Morgan fingerprint density at radius 2 is 1.83 bits per heavy atom. The first-order chi connectivity index (χ1) is 10.3. The number of hydrogen-bond acceptors (Lipinski definition) is 4. The number of nitrogens with one attached hydrogen (secondary N) is 3. The molecular formula is C16H28ClN3O2S. The van der Waals surface area contributed by atoms with Gasteiger partial charge in [-0.05, 0) is 31.5 Å². The van der Waals surface area contributed by atoms with E-state index in [1.807, 2.05) is 33.8 Å². The second kappa shape index (κ2) is 9.90. The predicted molar refractivity (Wildman–Crippen MR) is 99.9 cm³/mol. The van der Waals surface area contributed by atoms with E-state index in [1.54, 1.807) is 0 Å². The Morgan fingerprint density at radius 1 is 1.17 bits per heavy atom. The zero-order valence-electron chi connectivity index (χ0n) is 14.5. The number of hydrogen-bond donors (Lipinski definition) is 3. The molecule has 0 saturated carbocycles. The quantitative estimate of drug-likeness (QED) is 0.653. The van der Waals surface area contributed by atoms with Gasteiger partial charge in [0.15, 0.2) is 0 Å². The third-order valence-corrected chi connectivity index (χ3v) is 4.21. The summed E-state index contributed by atoms with van der Waals surface area (Å²) < 4.78 is 0. The van der Waals surface area contributed by atoms with Gasteiger partial charge in [0, 0.05) is 18.5 Å². The maximum Gasteiger partial charge on any atom is 0.261 e. The number of halogens is 1. The molecular weight excluding hydrogens is 334 g/mol. The van der Waals surface area contributed by atoms with Crippen molar-refractivity contribution in [1.82, 2.24) is 10.6 Å². The molecule has 0 spiro atoms. The molecule has 7 heteroatoms. The Balaban J connectivity index is 0.00000484. The fraction of sp³-hybridized carbons (Fsp3) is 0.625. The summed E-state index contributed by atoms with van der Waals surface area (Å²) in [5.74, 6) is -0.137. The summed E-state index contributed by atoms with van der Waals surface area (Å²) in [5, 5.41) is 9.71. The minimum absolute atomic E-state index is 0. The van der Waals surface area contributed by atoms with Crippen molar-refractivity contribution in [3.05, 3.63) is 16.5 Å². The number of amides is 2. The molecule has 0 atom stereocenters. The van der Waals surface area contributed by atoms with Crippen LogP contribution in [0.5, 0.6) is 0 Å². The lowest BCUT2D eigenvalue weighted by molar-refractivity contribution is -0.123. The van der Waals surface area contributed by atoms with Crippen molar-refractivity contribution in [3.8, 4) is 0 Å². The van der Waals surface area contributed by atoms with Crippen LogP contribution in [0.4, 0.5) is 5.00 Å². The molecule has 0 saturated heterocycles. The van der Waals surface area contributed by atoms with Gasteiger partial charge in [-0.1, -0.05) is 27.7 Å². The Hall–Kier alpha value is -1.11. The second-order valence-electron chi connectivity index (χ2n) is 6.33. The average molecular weight is 362 g/mol. The molecule has 0 aliphatic rings. The number of anilines is 1. The Labute approximate surface area is 149 Å². The molecule has 1 rings (SSSR count). The lowest BCUT2D eigenvalue weighted by atomic mass is 9.96. The minimum atomic E-state index is -0.453. The molecule has 0 aliphatic heterocycles. The van der Waals surface area contributed by atoms with Crippen molar-refractivity contribution in [3.63, 3.8) is 0 Å². The molecule has 0 aliphatic carbocycles. The van der Waals surface area contributed by atoms with Crippen molar-refractivity contribution in [2.75, 3.05) is 25.0 Å². The number of carbonyl (C=O) groups excluding carboxylic acids is 2. The largest absolute Gasteiger partial charge is 0.350 e. The van der Waals surface area contributed by atoms with Gasteiger partial charge in [-0.15, -0.1) is 23.7 Å². The van der Waals surface area contributed by atoms with Crippen molar-refractivity contribution in [2.45, 2.75) is 41.0 Å². The predicted octanol–water partition coefficient (Wildman–Crippen LogP) is 3.19. The van der Waals surface area contributed by atoms with Crippen LogP contribution < -0.4 is 16.0 Å².